The molecule has 1 aliphatic heterocycles. The molecule has 0 amide bonds. The molecule has 1 aromatic rings. The van der Waals surface area contributed by atoms with Crippen LogP contribution in [0.2, 0.25) is 0 Å². The number of hydrogen-bond donors (Lipinski definition) is 2. The average molecular weight is 274 g/mol. The van der Waals surface area contributed by atoms with Crippen molar-refractivity contribution in [1.82, 2.24) is 5.32 Å². The Balaban J connectivity index is 0.00000162. The van der Waals surface area contributed by atoms with E-state index in [0.717, 1.165) is 37.9 Å². The van der Waals surface area contributed by atoms with Gasteiger partial charge in [0.05, 0.1) is 0 Å². The monoisotopic (exact) mass is 273 g/mol. The molecule has 1 atom stereocenters. The second kappa shape index (κ2) is 7.72. The molecule has 4 heteroatoms. The lowest BCUT2D eigenvalue weighted by atomic mass is 9.79. The molecule has 1 fully saturated rings. The second-order valence-corrected chi connectivity index (χ2v) is 4.76. The first-order valence-corrected chi connectivity index (χ1v) is 6.38. The lowest BCUT2D eigenvalue weighted by Gasteiger charge is -2.30. The van der Waals surface area contributed by atoms with E-state index < -0.39 is 0 Å². The largest absolute Gasteiger partial charge is 0.396 e. The number of aliphatic hydroxyl groups is 1. The number of halogens is 2. The van der Waals surface area contributed by atoms with E-state index in [2.05, 4.69) is 5.32 Å². The molecule has 1 unspecified atom stereocenters. The van der Waals surface area contributed by atoms with Crippen molar-refractivity contribution in [3.05, 3.63) is 35.6 Å². The normalized spacial score (nSPS) is 18.1. The molecule has 2 nitrogen and oxygen atoms in total. The van der Waals surface area contributed by atoms with E-state index in [0.29, 0.717) is 11.8 Å². The van der Waals surface area contributed by atoms with Crippen molar-refractivity contribution in [2.75, 3.05) is 19.7 Å². The van der Waals surface area contributed by atoms with Gasteiger partial charge in [-0.25, -0.2) is 4.39 Å². The molecule has 0 aromatic heterocycles. The number of hydrogen-bond acceptors (Lipinski definition) is 2. The third-order valence-electron chi connectivity index (χ3n) is 3.69. The standard InChI is InChI=1S/C14H20FNO.ClH/c15-13-3-1-11(2-4-13)14(7-10-17)12-5-8-16-9-6-12;/h1-4,12,14,16-17H,5-10H2;1H. The van der Waals surface area contributed by atoms with E-state index in [1.165, 1.54) is 12.1 Å². The predicted octanol–water partition coefficient (Wildman–Crippen LogP) is 2.71. The lowest BCUT2D eigenvalue weighted by Crippen LogP contribution is -2.31. The Kier molecular flexibility index (Phi) is 6.61. The zero-order valence-electron chi connectivity index (χ0n) is 10.4. The molecule has 1 heterocycles. The lowest BCUT2D eigenvalue weighted by molar-refractivity contribution is 0.233. The minimum absolute atomic E-state index is 0. The Morgan fingerprint density at radius 3 is 2.39 bits per heavy atom. The topological polar surface area (TPSA) is 32.3 Å². The summed E-state index contributed by atoms with van der Waals surface area (Å²) in [4.78, 5) is 0. The molecule has 2 rings (SSSR count). The maximum Gasteiger partial charge on any atom is 0.123 e. The van der Waals surface area contributed by atoms with Gasteiger partial charge in [-0.3, -0.25) is 0 Å². The molecule has 0 aliphatic carbocycles. The van der Waals surface area contributed by atoms with Crippen molar-refractivity contribution < 1.29 is 9.50 Å². The molecule has 0 bridgehead atoms. The van der Waals surface area contributed by atoms with Crippen molar-refractivity contribution in [3.8, 4) is 0 Å². The highest BCUT2D eigenvalue weighted by molar-refractivity contribution is 5.85. The number of piperidine rings is 1. The molecule has 1 aromatic carbocycles. The van der Waals surface area contributed by atoms with E-state index in [1.807, 2.05) is 12.1 Å². The van der Waals surface area contributed by atoms with Gasteiger partial charge in [-0.1, -0.05) is 12.1 Å². The molecule has 1 aliphatic rings. The third-order valence-corrected chi connectivity index (χ3v) is 3.69. The quantitative estimate of drug-likeness (QED) is 0.884. The molecule has 0 radical (unpaired) electrons. The molecule has 18 heavy (non-hydrogen) atoms. The van der Waals surface area contributed by atoms with Gasteiger partial charge in [0, 0.05) is 6.61 Å². The summed E-state index contributed by atoms with van der Waals surface area (Å²) in [6.07, 6.45) is 3.06. The van der Waals surface area contributed by atoms with Crippen molar-refractivity contribution in [2.45, 2.75) is 25.2 Å². The maximum atomic E-state index is 12.9. The Labute approximate surface area is 114 Å². The van der Waals surface area contributed by atoms with Gasteiger partial charge in [0.1, 0.15) is 5.82 Å². The van der Waals surface area contributed by atoms with Crippen molar-refractivity contribution >= 4 is 12.4 Å². The van der Waals surface area contributed by atoms with Gasteiger partial charge < -0.3 is 10.4 Å². The Bertz CT molecular complexity index is 338. The molecular formula is C14H21ClFNO. The summed E-state index contributed by atoms with van der Waals surface area (Å²) < 4.78 is 12.9. The fourth-order valence-electron chi connectivity index (χ4n) is 2.77. The summed E-state index contributed by atoms with van der Waals surface area (Å²) >= 11 is 0. The molecule has 0 saturated carbocycles. The zero-order valence-corrected chi connectivity index (χ0v) is 11.3. The van der Waals surface area contributed by atoms with Crippen LogP contribution >= 0.6 is 12.4 Å². The van der Waals surface area contributed by atoms with E-state index in [-0.39, 0.29) is 24.8 Å². The highest BCUT2D eigenvalue weighted by Crippen LogP contribution is 2.33. The van der Waals surface area contributed by atoms with E-state index >= 15 is 0 Å². The smallest absolute Gasteiger partial charge is 0.123 e. The predicted molar refractivity (Wildman–Crippen MR) is 73.7 cm³/mol. The molecule has 2 N–H and O–H groups in total. The first-order chi connectivity index (χ1) is 8.31. The zero-order chi connectivity index (χ0) is 12.1. The van der Waals surface area contributed by atoms with Crippen LogP contribution in [0.5, 0.6) is 0 Å². The highest BCUT2D eigenvalue weighted by Gasteiger charge is 2.24. The van der Waals surface area contributed by atoms with Crippen molar-refractivity contribution in [3.63, 3.8) is 0 Å². The average Bonchev–Trinajstić information content (AvgIpc) is 2.38. The maximum absolute atomic E-state index is 12.9. The van der Waals surface area contributed by atoms with E-state index in [9.17, 15) is 9.50 Å². The van der Waals surface area contributed by atoms with Crippen molar-refractivity contribution in [2.24, 2.45) is 5.92 Å². The van der Waals surface area contributed by atoms with E-state index in [1.54, 1.807) is 0 Å². The first-order valence-electron chi connectivity index (χ1n) is 6.38. The summed E-state index contributed by atoms with van der Waals surface area (Å²) in [5.74, 6) is 0.776. The number of nitrogens with one attached hydrogen (secondary N) is 1. The van der Waals surface area contributed by atoms with Gasteiger partial charge in [0.15, 0.2) is 0 Å². The Hall–Kier alpha value is -0.640. The number of aliphatic hydroxyl groups excluding tert-OH is 1. The van der Waals surface area contributed by atoms with Crippen LogP contribution in [0.15, 0.2) is 24.3 Å². The highest BCUT2D eigenvalue weighted by atomic mass is 35.5. The Morgan fingerprint density at radius 1 is 1.22 bits per heavy atom. The van der Waals surface area contributed by atoms with E-state index in [4.69, 9.17) is 0 Å². The van der Waals surface area contributed by atoms with Crippen LogP contribution < -0.4 is 5.32 Å². The number of rotatable bonds is 4. The fraction of sp³-hybridized carbons (Fsp3) is 0.571. The SMILES string of the molecule is Cl.OCCC(c1ccc(F)cc1)C1CCNCC1. The van der Waals surface area contributed by atoms with Crippen LogP contribution in [-0.2, 0) is 0 Å². The van der Waals surface area contributed by atoms with Gasteiger partial charge >= 0.3 is 0 Å². The first kappa shape index (κ1) is 15.4. The van der Waals surface area contributed by atoms with Crippen LogP contribution in [0.3, 0.4) is 0 Å². The van der Waals surface area contributed by atoms with Crippen LogP contribution in [0, 0.1) is 11.7 Å². The third kappa shape index (κ3) is 3.94. The minimum Gasteiger partial charge on any atom is -0.396 e. The van der Waals surface area contributed by atoms with Crippen LogP contribution in [0.1, 0.15) is 30.7 Å². The van der Waals surface area contributed by atoms with Crippen molar-refractivity contribution in [1.29, 1.82) is 0 Å². The summed E-state index contributed by atoms with van der Waals surface area (Å²) in [6.45, 7) is 2.30. The fourth-order valence-corrected chi connectivity index (χ4v) is 2.77. The summed E-state index contributed by atoms with van der Waals surface area (Å²) in [5.41, 5.74) is 1.16. The van der Waals surface area contributed by atoms with Gasteiger partial charge in [-0.15, -0.1) is 12.4 Å². The molecular weight excluding hydrogens is 253 g/mol. The number of benzene rings is 1. The van der Waals surface area contributed by atoms with Gasteiger partial charge in [0.2, 0.25) is 0 Å². The minimum atomic E-state index is -0.193. The molecule has 102 valence electrons. The van der Waals surface area contributed by atoms with Gasteiger partial charge in [-0.2, -0.15) is 0 Å². The molecule has 0 spiro atoms. The van der Waals surface area contributed by atoms with Crippen LogP contribution in [-0.4, -0.2) is 24.8 Å². The summed E-state index contributed by atoms with van der Waals surface area (Å²) in [7, 11) is 0. The summed E-state index contributed by atoms with van der Waals surface area (Å²) in [5, 5.41) is 12.5. The Morgan fingerprint density at radius 2 is 1.83 bits per heavy atom. The summed E-state index contributed by atoms with van der Waals surface area (Å²) in [6, 6.07) is 6.75. The van der Waals surface area contributed by atoms with Crippen LogP contribution in [0.25, 0.3) is 0 Å². The molecule has 1 saturated heterocycles. The second-order valence-electron chi connectivity index (χ2n) is 4.76. The van der Waals surface area contributed by atoms with Gasteiger partial charge in [-0.05, 0) is 61.9 Å². The van der Waals surface area contributed by atoms with Crippen LogP contribution in [0.4, 0.5) is 4.39 Å². The van der Waals surface area contributed by atoms with Gasteiger partial charge in [0.25, 0.3) is 0 Å².